The van der Waals surface area contributed by atoms with Crippen molar-refractivity contribution in [3.63, 3.8) is 0 Å². The van der Waals surface area contributed by atoms with Gasteiger partial charge in [0, 0.05) is 19.1 Å². The van der Waals surface area contributed by atoms with Gasteiger partial charge in [-0.15, -0.1) is 0 Å². The van der Waals surface area contributed by atoms with Crippen LogP contribution in [0.2, 0.25) is 0 Å². The van der Waals surface area contributed by atoms with Crippen molar-refractivity contribution in [1.29, 1.82) is 0 Å². The van der Waals surface area contributed by atoms with Crippen LogP contribution < -0.4 is 5.32 Å². The molecule has 1 aromatic heterocycles. The molecule has 1 atom stereocenters. The van der Waals surface area contributed by atoms with Crippen molar-refractivity contribution in [2.45, 2.75) is 39.2 Å². The Morgan fingerprint density at radius 3 is 3.06 bits per heavy atom. The van der Waals surface area contributed by atoms with Crippen LogP contribution in [0.3, 0.4) is 0 Å². The Kier molecular flexibility index (Phi) is 4.36. The van der Waals surface area contributed by atoms with Crippen LogP contribution in [0.1, 0.15) is 42.3 Å². The van der Waals surface area contributed by atoms with E-state index < -0.39 is 0 Å². The zero-order valence-electron chi connectivity index (χ0n) is 11.1. The van der Waals surface area contributed by atoms with Crippen LogP contribution in [0.5, 0.6) is 0 Å². The maximum absolute atomic E-state index is 12.4. The smallest absolute Gasteiger partial charge is 0.259 e. The fourth-order valence-electron chi connectivity index (χ4n) is 2.40. The van der Waals surface area contributed by atoms with Gasteiger partial charge in [-0.3, -0.25) is 4.79 Å². The molecule has 100 valence electrons. The van der Waals surface area contributed by atoms with Crippen LogP contribution in [-0.2, 0) is 0 Å². The van der Waals surface area contributed by atoms with Gasteiger partial charge in [0.15, 0.2) is 0 Å². The van der Waals surface area contributed by atoms with Crippen LogP contribution in [-0.4, -0.2) is 41.6 Å². The number of hydrogen-bond donors (Lipinski definition) is 1. The predicted molar refractivity (Wildman–Crippen MR) is 68.5 cm³/mol. The van der Waals surface area contributed by atoms with E-state index in [1.807, 2.05) is 4.90 Å². The Labute approximate surface area is 108 Å². The van der Waals surface area contributed by atoms with E-state index in [0.717, 1.165) is 32.5 Å². The first kappa shape index (κ1) is 13.1. The molecule has 2 rings (SSSR count). The van der Waals surface area contributed by atoms with Gasteiger partial charge in [-0.25, -0.2) is 0 Å². The molecule has 0 aromatic carbocycles. The van der Waals surface area contributed by atoms with E-state index in [2.05, 4.69) is 17.4 Å². The quantitative estimate of drug-likeness (QED) is 0.863. The molecule has 5 nitrogen and oxygen atoms in total. The van der Waals surface area contributed by atoms with Gasteiger partial charge in [0.25, 0.3) is 5.91 Å². The fraction of sp³-hybridized carbons (Fsp3) is 0.692. The van der Waals surface area contributed by atoms with Crippen molar-refractivity contribution < 1.29 is 9.32 Å². The molecule has 1 N–H and O–H groups in total. The Morgan fingerprint density at radius 1 is 1.67 bits per heavy atom. The third-order valence-corrected chi connectivity index (χ3v) is 3.37. The molecule has 5 heteroatoms. The molecule has 0 saturated carbocycles. The molecule has 1 fully saturated rings. The lowest BCUT2D eigenvalue weighted by atomic mass is 10.1. The van der Waals surface area contributed by atoms with Gasteiger partial charge in [0.2, 0.25) is 0 Å². The van der Waals surface area contributed by atoms with E-state index in [9.17, 15) is 4.79 Å². The van der Waals surface area contributed by atoms with Crippen molar-refractivity contribution in [1.82, 2.24) is 15.4 Å². The van der Waals surface area contributed by atoms with Gasteiger partial charge in [0.05, 0.1) is 6.20 Å². The second-order valence-electron chi connectivity index (χ2n) is 4.84. The summed E-state index contributed by atoms with van der Waals surface area (Å²) in [5.41, 5.74) is 0.585. The minimum Gasteiger partial charge on any atom is -0.361 e. The summed E-state index contributed by atoms with van der Waals surface area (Å²) in [7, 11) is 0. The number of amides is 1. The maximum atomic E-state index is 12.4. The largest absolute Gasteiger partial charge is 0.361 e. The fourth-order valence-corrected chi connectivity index (χ4v) is 2.40. The highest BCUT2D eigenvalue weighted by atomic mass is 16.5. The molecule has 18 heavy (non-hydrogen) atoms. The van der Waals surface area contributed by atoms with Crippen LogP contribution in [0, 0.1) is 6.92 Å². The summed E-state index contributed by atoms with van der Waals surface area (Å²) in [5.74, 6) is 0.629. The van der Waals surface area contributed by atoms with Gasteiger partial charge in [-0.05, 0) is 32.7 Å². The van der Waals surface area contributed by atoms with Crippen molar-refractivity contribution in [3.05, 3.63) is 17.5 Å². The summed E-state index contributed by atoms with van der Waals surface area (Å²) < 4.78 is 4.97. The van der Waals surface area contributed by atoms with Gasteiger partial charge < -0.3 is 14.7 Å². The second kappa shape index (κ2) is 6.00. The monoisotopic (exact) mass is 251 g/mol. The number of aromatic nitrogens is 1. The van der Waals surface area contributed by atoms with Crippen LogP contribution in [0.25, 0.3) is 0 Å². The zero-order chi connectivity index (χ0) is 13.0. The molecule has 0 radical (unpaired) electrons. The number of nitrogens with zero attached hydrogens (tertiary/aromatic N) is 2. The molecule has 0 spiro atoms. The Hall–Kier alpha value is -1.36. The van der Waals surface area contributed by atoms with Crippen LogP contribution in [0.4, 0.5) is 0 Å². The van der Waals surface area contributed by atoms with Gasteiger partial charge in [-0.1, -0.05) is 12.1 Å². The summed E-state index contributed by atoms with van der Waals surface area (Å²) >= 11 is 0. The summed E-state index contributed by atoms with van der Waals surface area (Å²) in [6.07, 6.45) is 4.83. The number of carbonyl (C=O) groups is 1. The molecular formula is C13H21N3O2. The number of carbonyl (C=O) groups excluding carboxylic acids is 1. The van der Waals surface area contributed by atoms with Crippen LogP contribution in [0.15, 0.2) is 10.7 Å². The minimum absolute atomic E-state index is 0.0318. The second-order valence-corrected chi connectivity index (χ2v) is 4.84. The Balaban J connectivity index is 2.04. The number of aryl methyl sites for hydroxylation is 1. The lowest BCUT2D eigenvalue weighted by molar-refractivity contribution is 0.0740. The van der Waals surface area contributed by atoms with Crippen LogP contribution >= 0.6 is 0 Å². The molecule has 0 bridgehead atoms. The Bertz CT molecular complexity index is 397. The molecule has 1 aliphatic rings. The minimum atomic E-state index is 0.0318. The normalized spacial score (nSPS) is 19.1. The van der Waals surface area contributed by atoms with E-state index in [1.165, 1.54) is 12.6 Å². The Morgan fingerprint density at radius 2 is 2.50 bits per heavy atom. The SMILES string of the molecule is CCCN(CC1CCCN1)C(=O)c1cnoc1C. The van der Waals surface area contributed by atoms with E-state index in [-0.39, 0.29) is 5.91 Å². The molecular weight excluding hydrogens is 230 g/mol. The van der Waals surface area contributed by atoms with E-state index in [0.29, 0.717) is 17.4 Å². The van der Waals surface area contributed by atoms with Crippen molar-refractivity contribution in [3.8, 4) is 0 Å². The lowest BCUT2D eigenvalue weighted by Gasteiger charge is -2.25. The maximum Gasteiger partial charge on any atom is 0.259 e. The van der Waals surface area contributed by atoms with Crippen molar-refractivity contribution in [2.24, 2.45) is 0 Å². The van der Waals surface area contributed by atoms with Crippen molar-refractivity contribution in [2.75, 3.05) is 19.6 Å². The first-order valence-electron chi connectivity index (χ1n) is 6.66. The predicted octanol–water partition coefficient (Wildman–Crippen LogP) is 1.59. The zero-order valence-corrected chi connectivity index (χ0v) is 11.1. The van der Waals surface area contributed by atoms with Gasteiger partial charge >= 0.3 is 0 Å². The number of nitrogens with one attached hydrogen (secondary N) is 1. The highest BCUT2D eigenvalue weighted by Gasteiger charge is 2.24. The average molecular weight is 251 g/mol. The molecule has 1 amide bonds. The highest BCUT2D eigenvalue weighted by molar-refractivity contribution is 5.94. The molecule has 0 aliphatic carbocycles. The standard InChI is InChI=1S/C13H21N3O2/c1-3-7-16(9-11-5-4-6-14-11)13(17)12-8-15-18-10(12)2/h8,11,14H,3-7,9H2,1-2H3. The molecule has 1 aromatic rings. The van der Waals surface area contributed by atoms with Gasteiger partial charge in [0.1, 0.15) is 11.3 Å². The summed E-state index contributed by atoms with van der Waals surface area (Å²) in [6.45, 7) is 6.48. The topological polar surface area (TPSA) is 58.4 Å². The molecule has 2 heterocycles. The van der Waals surface area contributed by atoms with Gasteiger partial charge in [-0.2, -0.15) is 0 Å². The summed E-state index contributed by atoms with van der Waals surface area (Å²) in [6, 6.07) is 0.431. The molecule has 1 unspecified atom stereocenters. The number of rotatable bonds is 5. The summed E-state index contributed by atoms with van der Waals surface area (Å²) in [5, 5.41) is 7.11. The summed E-state index contributed by atoms with van der Waals surface area (Å²) in [4.78, 5) is 14.3. The first-order valence-corrected chi connectivity index (χ1v) is 6.66. The lowest BCUT2D eigenvalue weighted by Crippen LogP contribution is -2.41. The third-order valence-electron chi connectivity index (χ3n) is 3.37. The first-order chi connectivity index (χ1) is 8.72. The average Bonchev–Trinajstić information content (AvgIpc) is 2.99. The molecule has 1 saturated heterocycles. The molecule has 1 aliphatic heterocycles. The van der Waals surface area contributed by atoms with E-state index >= 15 is 0 Å². The van der Waals surface area contributed by atoms with E-state index in [1.54, 1.807) is 6.92 Å². The van der Waals surface area contributed by atoms with E-state index in [4.69, 9.17) is 4.52 Å². The highest BCUT2D eigenvalue weighted by Crippen LogP contribution is 2.13. The third kappa shape index (κ3) is 2.90. The number of hydrogen-bond acceptors (Lipinski definition) is 4. The van der Waals surface area contributed by atoms with Crippen molar-refractivity contribution >= 4 is 5.91 Å².